The van der Waals surface area contributed by atoms with Crippen LogP contribution < -0.4 is 0 Å². The SMILES string of the molecule is Cc1ncccc1C(=O)N1CCC(Cc2ccccc2)C1. The Kier molecular flexibility index (Phi) is 4.00. The van der Waals surface area contributed by atoms with Gasteiger partial charge < -0.3 is 4.90 Å². The van der Waals surface area contributed by atoms with Crippen molar-refractivity contribution in [2.75, 3.05) is 13.1 Å². The maximum Gasteiger partial charge on any atom is 0.255 e. The Morgan fingerprint density at radius 1 is 1.24 bits per heavy atom. The number of aromatic nitrogens is 1. The van der Waals surface area contributed by atoms with Crippen LogP contribution in [0.4, 0.5) is 0 Å². The summed E-state index contributed by atoms with van der Waals surface area (Å²) in [5.74, 6) is 0.685. The van der Waals surface area contributed by atoms with Crippen LogP contribution in [0.2, 0.25) is 0 Å². The van der Waals surface area contributed by atoms with Crippen molar-refractivity contribution in [1.82, 2.24) is 9.88 Å². The number of pyridine rings is 1. The van der Waals surface area contributed by atoms with E-state index in [4.69, 9.17) is 0 Å². The van der Waals surface area contributed by atoms with Crippen LogP contribution in [0.25, 0.3) is 0 Å². The molecule has 2 aromatic rings. The van der Waals surface area contributed by atoms with Gasteiger partial charge in [-0.2, -0.15) is 0 Å². The van der Waals surface area contributed by atoms with Crippen molar-refractivity contribution in [3.63, 3.8) is 0 Å². The molecule has 0 aliphatic carbocycles. The summed E-state index contributed by atoms with van der Waals surface area (Å²) in [5.41, 5.74) is 2.90. The lowest BCUT2D eigenvalue weighted by atomic mass is 9.99. The van der Waals surface area contributed by atoms with Crippen molar-refractivity contribution in [3.8, 4) is 0 Å². The van der Waals surface area contributed by atoms with Gasteiger partial charge in [0.15, 0.2) is 0 Å². The minimum atomic E-state index is 0.121. The van der Waals surface area contributed by atoms with Crippen molar-refractivity contribution >= 4 is 5.91 Å². The maximum atomic E-state index is 12.6. The van der Waals surface area contributed by atoms with Crippen molar-refractivity contribution in [1.29, 1.82) is 0 Å². The first kappa shape index (κ1) is 13.8. The highest BCUT2D eigenvalue weighted by atomic mass is 16.2. The molecule has 1 atom stereocenters. The molecule has 3 heteroatoms. The molecule has 0 radical (unpaired) electrons. The molecule has 1 aromatic carbocycles. The molecular formula is C18H20N2O. The molecule has 1 aliphatic heterocycles. The van der Waals surface area contributed by atoms with Gasteiger partial charge in [0.1, 0.15) is 0 Å². The molecule has 1 aliphatic rings. The third kappa shape index (κ3) is 3.13. The number of hydrogen-bond acceptors (Lipinski definition) is 2. The van der Waals surface area contributed by atoms with E-state index in [1.807, 2.05) is 30.0 Å². The summed E-state index contributed by atoms with van der Waals surface area (Å²) in [5, 5.41) is 0. The standard InChI is InChI=1S/C18H20N2O/c1-14-17(8-5-10-19-14)18(21)20-11-9-16(13-20)12-15-6-3-2-4-7-15/h2-8,10,16H,9,11-13H2,1H3. The number of rotatable bonds is 3. The maximum absolute atomic E-state index is 12.6. The molecule has 0 saturated carbocycles. The van der Waals surface area contributed by atoms with Gasteiger partial charge in [0.2, 0.25) is 0 Å². The zero-order chi connectivity index (χ0) is 14.7. The van der Waals surface area contributed by atoms with Gasteiger partial charge in [0, 0.05) is 25.0 Å². The van der Waals surface area contributed by atoms with E-state index >= 15 is 0 Å². The lowest BCUT2D eigenvalue weighted by molar-refractivity contribution is 0.0786. The van der Waals surface area contributed by atoms with E-state index in [1.54, 1.807) is 6.20 Å². The number of benzene rings is 1. The second-order valence-electron chi connectivity index (χ2n) is 5.73. The first-order valence-corrected chi connectivity index (χ1v) is 7.49. The predicted molar refractivity (Wildman–Crippen MR) is 83.1 cm³/mol. The van der Waals surface area contributed by atoms with E-state index in [0.717, 1.165) is 37.2 Å². The predicted octanol–water partition coefficient (Wildman–Crippen LogP) is 3.09. The highest BCUT2D eigenvalue weighted by molar-refractivity contribution is 5.95. The Morgan fingerprint density at radius 2 is 2.05 bits per heavy atom. The van der Waals surface area contributed by atoms with E-state index in [2.05, 4.69) is 29.2 Å². The molecule has 2 heterocycles. The minimum absolute atomic E-state index is 0.121. The van der Waals surface area contributed by atoms with Gasteiger partial charge in [-0.1, -0.05) is 30.3 Å². The molecule has 0 N–H and O–H groups in total. The number of carbonyl (C=O) groups is 1. The molecule has 1 unspecified atom stereocenters. The van der Waals surface area contributed by atoms with Gasteiger partial charge in [0.25, 0.3) is 5.91 Å². The summed E-state index contributed by atoms with van der Waals surface area (Å²) in [4.78, 5) is 18.7. The fourth-order valence-electron chi connectivity index (χ4n) is 3.01. The summed E-state index contributed by atoms with van der Waals surface area (Å²) in [7, 11) is 0. The average molecular weight is 280 g/mol. The Morgan fingerprint density at radius 3 is 2.81 bits per heavy atom. The Bertz CT molecular complexity index is 624. The van der Waals surface area contributed by atoms with Crippen LogP contribution in [0, 0.1) is 12.8 Å². The molecule has 3 rings (SSSR count). The fraction of sp³-hybridized carbons (Fsp3) is 0.333. The Balaban J connectivity index is 1.65. The molecule has 1 fully saturated rings. The van der Waals surface area contributed by atoms with Crippen LogP contribution in [0.3, 0.4) is 0 Å². The molecular weight excluding hydrogens is 260 g/mol. The number of likely N-dealkylation sites (tertiary alicyclic amines) is 1. The molecule has 1 amide bonds. The van der Waals surface area contributed by atoms with E-state index in [-0.39, 0.29) is 5.91 Å². The smallest absolute Gasteiger partial charge is 0.255 e. The van der Waals surface area contributed by atoms with Crippen LogP contribution in [0.1, 0.15) is 28.0 Å². The van der Waals surface area contributed by atoms with Crippen LogP contribution in [0.5, 0.6) is 0 Å². The Hall–Kier alpha value is -2.16. The molecule has 1 aromatic heterocycles. The molecule has 108 valence electrons. The first-order valence-electron chi connectivity index (χ1n) is 7.49. The second kappa shape index (κ2) is 6.08. The van der Waals surface area contributed by atoms with Crippen LogP contribution >= 0.6 is 0 Å². The summed E-state index contributed by atoms with van der Waals surface area (Å²) >= 11 is 0. The van der Waals surface area contributed by atoms with Crippen molar-refractivity contribution in [2.45, 2.75) is 19.8 Å². The Labute approximate surface area is 125 Å². The molecule has 0 bridgehead atoms. The van der Waals surface area contributed by atoms with E-state index in [0.29, 0.717) is 5.92 Å². The third-order valence-electron chi connectivity index (χ3n) is 4.18. The summed E-state index contributed by atoms with van der Waals surface area (Å²) < 4.78 is 0. The molecule has 1 saturated heterocycles. The third-order valence-corrected chi connectivity index (χ3v) is 4.18. The van der Waals surface area contributed by atoms with Crippen molar-refractivity contribution < 1.29 is 4.79 Å². The van der Waals surface area contributed by atoms with Crippen molar-refractivity contribution in [3.05, 3.63) is 65.5 Å². The van der Waals surface area contributed by atoms with Gasteiger partial charge >= 0.3 is 0 Å². The highest BCUT2D eigenvalue weighted by Gasteiger charge is 2.27. The van der Waals surface area contributed by atoms with E-state index in [9.17, 15) is 4.79 Å². The number of carbonyl (C=O) groups excluding carboxylic acids is 1. The lowest BCUT2D eigenvalue weighted by Gasteiger charge is -2.17. The van der Waals surface area contributed by atoms with Crippen LogP contribution in [-0.4, -0.2) is 28.9 Å². The summed E-state index contributed by atoms with van der Waals surface area (Å²) in [6.45, 7) is 3.59. The number of amides is 1. The lowest BCUT2D eigenvalue weighted by Crippen LogP contribution is -2.29. The number of aryl methyl sites for hydroxylation is 1. The molecule has 0 spiro atoms. The molecule has 3 nitrogen and oxygen atoms in total. The van der Waals surface area contributed by atoms with Gasteiger partial charge in [-0.15, -0.1) is 0 Å². The van der Waals surface area contributed by atoms with E-state index < -0.39 is 0 Å². The van der Waals surface area contributed by atoms with Crippen molar-refractivity contribution in [2.24, 2.45) is 5.92 Å². The highest BCUT2D eigenvalue weighted by Crippen LogP contribution is 2.22. The largest absolute Gasteiger partial charge is 0.338 e. The topological polar surface area (TPSA) is 33.2 Å². The minimum Gasteiger partial charge on any atom is -0.338 e. The molecule has 21 heavy (non-hydrogen) atoms. The van der Waals surface area contributed by atoms with Gasteiger partial charge in [0.05, 0.1) is 5.56 Å². The zero-order valence-electron chi connectivity index (χ0n) is 12.3. The normalized spacial score (nSPS) is 18.0. The average Bonchev–Trinajstić information content (AvgIpc) is 2.97. The first-order chi connectivity index (χ1) is 10.2. The van der Waals surface area contributed by atoms with Crippen LogP contribution in [0.15, 0.2) is 48.7 Å². The summed E-state index contributed by atoms with van der Waals surface area (Å²) in [6, 6.07) is 14.2. The zero-order valence-corrected chi connectivity index (χ0v) is 12.3. The van der Waals surface area contributed by atoms with Gasteiger partial charge in [-0.05, 0) is 43.4 Å². The monoisotopic (exact) mass is 280 g/mol. The van der Waals surface area contributed by atoms with Crippen LogP contribution in [-0.2, 0) is 6.42 Å². The fourth-order valence-corrected chi connectivity index (χ4v) is 3.01. The number of nitrogens with zero attached hydrogens (tertiary/aromatic N) is 2. The quantitative estimate of drug-likeness (QED) is 0.865. The van der Waals surface area contributed by atoms with Gasteiger partial charge in [-0.25, -0.2) is 0 Å². The van der Waals surface area contributed by atoms with E-state index in [1.165, 1.54) is 5.56 Å². The van der Waals surface area contributed by atoms with Gasteiger partial charge in [-0.3, -0.25) is 9.78 Å². The number of hydrogen-bond donors (Lipinski definition) is 0. The summed E-state index contributed by atoms with van der Waals surface area (Å²) in [6.07, 6.45) is 3.87. The second-order valence-corrected chi connectivity index (χ2v) is 5.73.